The number of carbonyl (C=O) groups excluding carboxylic acids is 1. The van der Waals surface area contributed by atoms with E-state index in [-0.39, 0.29) is 11.6 Å². The van der Waals surface area contributed by atoms with Gasteiger partial charge < -0.3 is 4.74 Å². The Bertz CT molecular complexity index is 284. The van der Waals surface area contributed by atoms with Gasteiger partial charge in [-0.1, -0.05) is 93.0 Å². The monoisotopic (exact) mass is 404 g/mol. The van der Waals surface area contributed by atoms with Gasteiger partial charge in [0.25, 0.3) is 0 Å². The van der Waals surface area contributed by atoms with Crippen LogP contribution in [0.15, 0.2) is 0 Å². The molecule has 0 aromatic heterocycles. The summed E-state index contributed by atoms with van der Waals surface area (Å²) < 4.78 is 5.32. The van der Waals surface area contributed by atoms with Crippen LogP contribution in [0.5, 0.6) is 0 Å². The van der Waals surface area contributed by atoms with Gasteiger partial charge in [0.15, 0.2) is 0 Å². The van der Waals surface area contributed by atoms with E-state index in [1.807, 2.05) is 20.8 Å². The van der Waals surface area contributed by atoms with Crippen LogP contribution in [-0.4, -0.2) is 16.9 Å². The van der Waals surface area contributed by atoms with Gasteiger partial charge in [0.1, 0.15) is 5.60 Å². The van der Waals surface area contributed by atoms with Gasteiger partial charge in [-0.3, -0.25) is 4.79 Å². The molecule has 0 heterocycles. The molecular weight excluding hydrogens is 364 g/mol. The van der Waals surface area contributed by atoms with Crippen molar-refractivity contribution in [3.63, 3.8) is 0 Å². The fourth-order valence-corrected chi connectivity index (χ4v) is 3.27. The summed E-state index contributed by atoms with van der Waals surface area (Å²) in [5.41, 5.74) is -0.343. The second-order valence-electron chi connectivity index (χ2n) is 7.98. The second kappa shape index (κ2) is 16.4. The highest BCUT2D eigenvalue weighted by molar-refractivity contribution is 9.09. The summed E-state index contributed by atoms with van der Waals surface area (Å²) in [6.45, 7) is 5.78. The molecule has 0 saturated carbocycles. The highest BCUT2D eigenvalue weighted by Gasteiger charge is 2.15. The lowest BCUT2D eigenvalue weighted by Gasteiger charge is -2.19. The molecule has 2 nitrogen and oxygen atoms in total. The molecule has 0 atom stereocenters. The number of unbranched alkanes of at least 4 members (excludes halogenated alkanes) is 13. The van der Waals surface area contributed by atoms with E-state index in [1.54, 1.807) is 0 Å². The van der Waals surface area contributed by atoms with Crippen LogP contribution in [0, 0.1) is 0 Å². The van der Waals surface area contributed by atoms with Gasteiger partial charge in [-0.2, -0.15) is 0 Å². The fraction of sp³-hybridized carbons (Fsp3) is 0.952. The molecule has 0 rings (SSSR count). The molecule has 0 bridgehead atoms. The van der Waals surface area contributed by atoms with Crippen molar-refractivity contribution in [2.75, 3.05) is 5.33 Å². The van der Waals surface area contributed by atoms with Gasteiger partial charge in [0.05, 0.1) is 0 Å². The summed E-state index contributed by atoms with van der Waals surface area (Å²) >= 11 is 3.48. The number of rotatable bonds is 16. The topological polar surface area (TPSA) is 26.3 Å². The third kappa shape index (κ3) is 20.0. The van der Waals surface area contributed by atoms with Crippen LogP contribution in [0.25, 0.3) is 0 Å². The lowest BCUT2D eigenvalue weighted by atomic mass is 10.0. The Morgan fingerprint density at radius 2 is 1.00 bits per heavy atom. The average Bonchev–Trinajstić information content (AvgIpc) is 2.49. The van der Waals surface area contributed by atoms with Gasteiger partial charge >= 0.3 is 5.97 Å². The van der Waals surface area contributed by atoms with Gasteiger partial charge in [0, 0.05) is 11.8 Å². The molecular formula is C21H41BrO2. The van der Waals surface area contributed by atoms with Gasteiger partial charge in [-0.15, -0.1) is 0 Å². The molecule has 24 heavy (non-hydrogen) atoms. The van der Waals surface area contributed by atoms with E-state index in [0.717, 1.165) is 18.2 Å². The number of halogens is 1. The van der Waals surface area contributed by atoms with Crippen molar-refractivity contribution in [2.45, 2.75) is 123 Å². The van der Waals surface area contributed by atoms with Crippen molar-refractivity contribution in [1.82, 2.24) is 0 Å². The normalized spacial score (nSPS) is 11.7. The highest BCUT2D eigenvalue weighted by Crippen LogP contribution is 2.14. The summed E-state index contributed by atoms with van der Waals surface area (Å²) in [5.74, 6) is -0.0466. The number of ether oxygens (including phenoxy) is 1. The zero-order valence-electron chi connectivity index (χ0n) is 16.5. The van der Waals surface area contributed by atoms with Gasteiger partial charge in [0.2, 0.25) is 0 Å². The first-order valence-electron chi connectivity index (χ1n) is 10.2. The Labute approximate surface area is 159 Å². The largest absolute Gasteiger partial charge is 0.460 e. The Morgan fingerprint density at radius 3 is 1.33 bits per heavy atom. The summed E-state index contributed by atoms with van der Waals surface area (Å²) in [5, 5.41) is 1.16. The molecule has 0 aromatic carbocycles. The Balaban J connectivity index is 3.14. The van der Waals surface area contributed by atoms with E-state index in [1.165, 1.54) is 77.0 Å². The van der Waals surface area contributed by atoms with Crippen LogP contribution in [0.2, 0.25) is 0 Å². The van der Waals surface area contributed by atoms with Crippen molar-refractivity contribution >= 4 is 21.9 Å². The first-order chi connectivity index (χ1) is 11.5. The minimum Gasteiger partial charge on any atom is -0.460 e. The molecule has 3 heteroatoms. The molecule has 0 aromatic rings. The van der Waals surface area contributed by atoms with Gasteiger partial charge in [-0.05, 0) is 33.6 Å². The molecule has 0 aliphatic rings. The summed E-state index contributed by atoms with van der Waals surface area (Å²) in [6.07, 6.45) is 19.2. The third-order valence-electron chi connectivity index (χ3n) is 4.18. The standard InChI is InChI=1S/C21H41BrO2/c1-21(2,3)24-20(23)18-16-14-12-10-8-6-4-5-7-9-11-13-15-17-19-22/h4-19H2,1-3H3. The first-order valence-corrected chi connectivity index (χ1v) is 11.4. The van der Waals surface area contributed by atoms with Crippen LogP contribution in [-0.2, 0) is 9.53 Å². The number of esters is 1. The molecule has 0 fully saturated rings. The molecule has 0 N–H and O–H groups in total. The SMILES string of the molecule is CC(C)(C)OC(=O)CCCCCCCCCCCCCCCCBr. The minimum atomic E-state index is -0.343. The van der Waals surface area contributed by atoms with E-state index < -0.39 is 0 Å². The van der Waals surface area contributed by atoms with E-state index >= 15 is 0 Å². The lowest BCUT2D eigenvalue weighted by Crippen LogP contribution is -2.23. The average molecular weight is 405 g/mol. The fourth-order valence-electron chi connectivity index (χ4n) is 2.88. The summed E-state index contributed by atoms with van der Waals surface area (Å²) in [6, 6.07) is 0. The molecule has 0 aliphatic heterocycles. The Kier molecular flexibility index (Phi) is 16.4. The summed E-state index contributed by atoms with van der Waals surface area (Å²) in [7, 11) is 0. The zero-order valence-corrected chi connectivity index (χ0v) is 18.1. The molecule has 0 amide bonds. The van der Waals surface area contributed by atoms with Crippen molar-refractivity contribution in [2.24, 2.45) is 0 Å². The zero-order chi connectivity index (χ0) is 18.1. The van der Waals surface area contributed by atoms with Crippen molar-refractivity contribution < 1.29 is 9.53 Å². The maximum absolute atomic E-state index is 11.6. The van der Waals surface area contributed by atoms with Crippen LogP contribution in [0.1, 0.15) is 117 Å². The predicted octanol–water partition coefficient (Wildman–Crippen LogP) is 7.57. The van der Waals surface area contributed by atoms with Gasteiger partial charge in [-0.25, -0.2) is 0 Å². The predicted molar refractivity (Wildman–Crippen MR) is 109 cm³/mol. The maximum Gasteiger partial charge on any atom is 0.306 e. The maximum atomic E-state index is 11.6. The van der Waals surface area contributed by atoms with Crippen molar-refractivity contribution in [1.29, 1.82) is 0 Å². The smallest absolute Gasteiger partial charge is 0.306 e. The van der Waals surface area contributed by atoms with Crippen LogP contribution in [0.3, 0.4) is 0 Å². The Morgan fingerprint density at radius 1 is 0.667 bits per heavy atom. The van der Waals surface area contributed by atoms with Crippen molar-refractivity contribution in [3.8, 4) is 0 Å². The molecule has 0 radical (unpaired) electrons. The van der Waals surface area contributed by atoms with E-state index in [9.17, 15) is 4.79 Å². The summed E-state index contributed by atoms with van der Waals surface area (Å²) in [4.78, 5) is 11.6. The van der Waals surface area contributed by atoms with Crippen molar-refractivity contribution in [3.05, 3.63) is 0 Å². The number of alkyl halides is 1. The van der Waals surface area contributed by atoms with E-state index in [4.69, 9.17) is 4.74 Å². The molecule has 0 saturated heterocycles. The van der Waals surface area contributed by atoms with E-state index in [0.29, 0.717) is 6.42 Å². The number of carbonyl (C=O) groups is 1. The molecule has 0 aliphatic carbocycles. The van der Waals surface area contributed by atoms with Crippen LogP contribution >= 0.6 is 15.9 Å². The third-order valence-corrected chi connectivity index (χ3v) is 4.75. The highest BCUT2D eigenvalue weighted by atomic mass is 79.9. The van der Waals surface area contributed by atoms with Crippen LogP contribution < -0.4 is 0 Å². The number of hydrogen-bond acceptors (Lipinski definition) is 2. The molecule has 144 valence electrons. The quantitative estimate of drug-likeness (QED) is 0.150. The Hall–Kier alpha value is -0.0500. The van der Waals surface area contributed by atoms with E-state index in [2.05, 4.69) is 15.9 Å². The molecule has 0 unspecified atom stereocenters. The van der Waals surface area contributed by atoms with Crippen LogP contribution in [0.4, 0.5) is 0 Å². The minimum absolute atomic E-state index is 0.0466. The lowest BCUT2D eigenvalue weighted by molar-refractivity contribution is -0.154. The second-order valence-corrected chi connectivity index (χ2v) is 8.77. The molecule has 0 spiro atoms. The first kappa shape index (κ1) is 23.9. The number of hydrogen-bond donors (Lipinski definition) is 0.